The Morgan fingerprint density at radius 1 is 1.57 bits per heavy atom. The first kappa shape index (κ1) is 12.7. The highest BCUT2D eigenvalue weighted by Crippen LogP contribution is 1.97. The maximum absolute atomic E-state index is 11.3. The summed E-state index contributed by atoms with van der Waals surface area (Å²) in [6.45, 7) is 5.29. The molecule has 4 heteroatoms. The van der Waals surface area contributed by atoms with Crippen LogP contribution in [0.15, 0.2) is 12.2 Å². The molecule has 0 radical (unpaired) electrons. The van der Waals surface area contributed by atoms with Gasteiger partial charge in [0.15, 0.2) is 0 Å². The van der Waals surface area contributed by atoms with Crippen LogP contribution in [-0.2, 0) is 14.3 Å². The number of allylic oxidation sites excluding steroid dienone is 1. The number of nitrogens with one attached hydrogen (secondary N) is 1. The van der Waals surface area contributed by atoms with Crippen molar-refractivity contribution in [1.82, 2.24) is 5.32 Å². The van der Waals surface area contributed by atoms with Crippen LogP contribution in [0.1, 0.15) is 28.6 Å². The van der Waals surface area contributed by atoms with Crippen molar-refractivity contribution in [3.05, 3.63) is 12.2 Å². The molecular formula is C10H19NO3. The Kier molecular flexibility index (Phi) is 6.45. The molecule has 1 atom stereocenters. The van der Waals surface area contributed by atoms with Crippen molar-refractivity contribution in [2.24, 2.45) is 0 Å². The molecule has 4 nitrogen and oxygen atoms in total. The van der Waals surface area contributed by atoms with Gasteiger partial charge in [-0.3, -0.25) is 4.79 Å². The van der Waals surface area contributed by atoms with E-state index in [9.17, 15) is 9.59 Å². The molecule has 1 N–H and O–H groups in total. The third-order valence-corrected chi connectivity index (χ3v) is 1.56. The van der Waals surface area contributed by atoms with Crippen molar-refractivity contribution in [2.75, 3.05) is 6.61 Å². The number of ether oxygens (including phenoxy) is 1. The van der Waals surface area contributed by atoms with Crippen molar-refractivity contribution in [1.29, 1.82) is 0 Å². The Morgan fingerprint density at radius 2 is 2.21 bits per heavy atom. The van der Waals surface area contributed by atoms with E-state index in [-0.39, 0.29) is 13.3 Å². The second-order valence-corrected chi connectivity index (χ2v) is 2.81. The lowest BCUT2D eigenvalue weighted by Gasteiger charge is -2.14. The molecule has 0 aliphatic rings. The van der Waals surface area contributed by atoms with Crippen LogP contribution < -0.4 is 5.32 Å². The van der Waals surface area contributed by atoms with Gasteiger partial charge in [0.2, 0.25) is 5.91 Å². The molecule has 14 heavy (non-hydrogen) atoms. The van der Waals surface area contributed by atoms with Crippen LogP contribution in [-0.4, -0.2) is 24.5 Å². The van der Waals surface area contributed by atoms with Crippen molar-refractivity contribution in [3.63, 3.8) is 0 Å². The quantitative estimate of drug-likeness (QED) is 0.538. The van der Waals surface area contributed by atoms with E-state index < -0.39 is 6.04 Å². The fraction of sp³-hybridized carbons (Fsp3) is 0.600. The summed E-state index contributed by atoms with van der Waals surface area (Å²) in [5.74, 6) is -0.617. The number of hydrogen-bond acceptors (Lipinski definition) is 3. The number of esters is 1. The smallest absolute Gasteiger partial charge is 0.328 e. The van der Waals surface area contributed by atoms with E-state index in [0.29, 0.717) is 13.0 Å². The van der Waals surface area contributed by atoms with Gasteiger partial charge < -0.3 is 10.1 Å². The number of amides is 1. The zero-order valence-electron chi connectivity index (χ0n) is 8.87. The zero-order valence-corrected chi connectivity index (χ0v) is 8.87. The van der Waals surface area contributed by atoms with Crippen molar-refractivity contribution >= 4 is 11.9 Å². The monoisotopic (exact) mass is 201 g/mol. The molecule has 0 heterocycles. The van der Waals surface area contributed by atoms with Crippen molar-refractivity contribution < 1.29 is 15.8 Å². The number of hydrogen-bond donors (Lipinski definition) is 1. The summed E-state index contributed by atoms with van der Waals surface area (Å²) >= 11 is 0. The van der Waals surface area contributed by atoms with E-state index in [1.165, 1.54) is 6.92 Å². The zero-order chi connectivity index (χ0) is 11.0. The molecule has 1 amide bonds. The summed E-state index contributed by atoms with van der Waals surface area (Å²) in [4.78, 5) is 22.1. The standard InChI is InChI=1S/C10H17NO3.H2/c1-4-6-7-9(11-8(3)12)10(13)14-5-2;/h4,6,9H,5,7H2,1-3H3,(H,11,12);1H/b6-4-;/t9-;/m0./s1. The number of rotatable bonds is 5. The first-order chi connectivity index (χ1) is 6.61. The molecule has 0 saturated heterocycles. The predicted molar refractivity (Wildman–Crippen MR) is 55.8 cm³/mol. The summed E-state index contributed by atoms with van der Waals surface area (Å²) in [6, 6.07) is -0.566. The second-order valence-electron chi connectivity index (χ2n) is 2.81. The first-order valence-electron chi connectivity index (χ1n) is 4.66. The Hall–Kier alpha value is -1.32. The minimum atomic E-state index is -0.566. The SMILES string of the molecule is C/C=C\C[C@H](NC(C)=O)C(=O)OCC.[HH]. The van der Waals surface area contributed by atoms with Gasteiger partial charge in [-0.1, -0.05) is 12.2 Å². The van der Waals surface area contributed by atoms with Crippen LogP contribution in [0.2, 0.25) is 0 Å². The van der Waals surface area contributed by atoms with Gasteiger partial charge in [0.05, 0.1) is 6.61 Å². The van der Waals surface area contributed by atoms with E-state index in [1.807, 2.05) is 19.1 Å². The van der Waals surface area contributed by atoms with Gasteiger partial charge in [-0.15, -0.1) is 0 Å². The third kappa shape index (κ3) is 5.35. The Bertz CT molecular complexity index is 229. The topological polar surface area (TPSA) is 55.4 Å². The predicted octanol–water partition coefficient (Wildman–Crippen LogP) is 1.27. The molecule has 0 spiro atoms. The molecule has 0 aromatic rings. The summed E-state index contributed by atoms with van der Waals surface area (Å²) in [7, 11) is 0. The lowest BCUT2D eigenvalue weighted by molar-refractivity contribution is -0.147. The highest BCUT2D eigenvalue weighted by molar-refractivity contribution is 5.83. The van der Waals surface area contributed by atoms with Crippen LogP contribution >= 0.6 is 0 Å². The molecule has 0 bridgehead atoms. The summed E-state index contributed by atoms with van der Waals surface area (Å²) in [5.41, 5.74) is 0. The van der Waals surface area contributed by atoms with E-state index in [2.05, 4.69) is 5.32 Å². The Morgan fingerprint density at radius 3 is 2.64 bits per heavy atom. The maximum atomic E-state index is 11.3. The van der Waals surface area contributed by atoms with Crippen LogP contribution in [0.25, 0.3) is 0 Å². The molecular weight excluding hydrogens is 182 g/mol. The van der Waals surface area contributed by atoms with Crippen molar-refractivity contribution in [3.8, 4) is 0 Å². The largest absolute Gasteiger partial charge is 0.464 e. The van der Waals surface area contributed by atoms with Gasteiger partial charge in [0.25, 0.3) is 0 Å². The average Bonchev–Trinajstić information content (AvgIpc) is 2.12. The van der Waals surface area contributed by atoms with Crippen LogP contribution in [0.4, 0.5) is 0 Å². The Labute approximate surface area is 85.8 Å². The van der Waals surface area contributed by atoms with Gasteiger partial charge in [-0.2, -0.15) is 0 Å². The second kappa shape index (κ2) is 7.12. The maximum Gasteiger partial charge on any atom is 0.328 e. The van der Waals surface area contributed by atoms with E-state index >= 15 is 0 Å². The highest BCUT2D eigenvalue weighted by atomic mass is 16.5. The highest BCUT2D eigenvalue weighted by Gasteiger charge is 2.18. The lowest BCUT2D eigenvalue weighted by Crippen LogP contribution is -2.40. The lowest BCUT2D eigenvalue weighted by atomic mass is 10.2. The van der Waals surface area contributed by atoms with E-state index in [4.69, 9.17) is 4.74 Å². The van der Waals surface area contributed by atoms with E-state index in [1.54, 1.807) is 6.92 Å². The summed E-state index contributed by atoms with van der Waals surface area (Å²) < 4.78 is 4.81. The van der Waals surface area contributed by atoms with Crippen molar-refractivity contribution in [2.45, 2.75) is 33.2 Å². The Balaban J connectivity index is 0. The minimum absolute atomic E-state index is 0. The molecule has 0 rings (SSSR count). The fourth-order valence-electron chi connectivity index (χ4n) is 0.974. The van der Waals surface area contributed by atoms with Gasteiger partial charge in [-0.05, 0) is 20.3 Å². The molecule has 0 saturated carbocycles. The molecule has 0 aromatic heterocycles. The van der Waals surface area contributed by atoms with Gasteiger partial charge >= 0.3 is 5.97 Å². The molecule has 0 aliphatic heterocycles. The molecule has 0 fully saturated rings. The third-order valence-electron chi connectivity index (χ3n) is 1.56. The van der Waals surface area contributed by atoms with Gasteiger partial charge in [-0.25, -0.2) is 4.79 Å². The number of carbonyl (C=O) groups excluding carboxylic acids is 2. The van der Waals surface area contributed by atoms with Crippen LogP contribution in [0.5, 0.6) is 0 Å². The summed E-state index contributed by atoms with van der Waals surface area (Å²) in [6.07, 6.45) is 4.11. The molecule has 82 valence electrons. The van der Waals surface area contributed by atoms with Gasteiger partial charge in [0.1, 0.15) is 6.04 Å². The summed E-state index contributed by atoms with van der Waals surface area (Å²) in [5, 5.41) is 2.53. The van der Waals surface area contributed by atoms with Gasteiger partial charge in [0, 0.05) is 8.35 Å². The van der Waals surface area contributed by atoms with Crippen LogP contribution in [0.3, 0.4) is 0 Å². The fourth-order valence-corrected chi connectivity index (χ4v) is 0.974. The molecule has 0 aliphatic carbocycles. The minimum Gasteiger partial charge on any atom is -0.464 e. The first-order valence-corrected chi connectivity index (χ1v) is 4.66. The van der Waals surface area contributed by atoms with E-state index in [0.717, 1.165) is 0 Å². The normalized spacial score (nSPS) is 12.5. The van der Waals surface area contributed by atoms with Crippen LogP contribution in [0, 0.1) is 0 Å². The molecule has 0 aromatic carbocycles. The average molecular weight is 201 g/mol. The number of carbonyl (C=O) groups is 2. The molecule has 0 unspecified atom stereocenters.